The fourth-order valence-corrected chi connectivity index (χ4v) is 4.60. The van der Waals surface area contributed by atoms with Crippen molar-refractivity contribution >= 4 is 6.09 Å². The van der Waals surface area contributed by atoms with Crippen LogP contribution < -0.4 is 4.74 Å². The third-order valence-corrected chi connectivity index (χ3v) is 6.60. The van der Waals surface area contributed by atoms with Crippen LogP contribution in [0, 0.1) is 13.8 Å². The van der Waals surface area contributed by atoms with Gasteiger partial charge in [0.05, 0.1) is 23.1 Å². The minimum atomic E-state index is -0.307. The van der Waals surface area contributed by atoms with Crippen molar-refractivity contribution in [3.8, 4) is 17.2 Å². The summed E-state index contributed by atoms with van der Waals surface area (Å²) >= 11 is 0. The molecule has 4 rings (SSSR count). The second-order valence-electron chi connectivity index (χ2n) is 8.84. The van der Waals surface area contributed by atoms with Gasteiger partial charge >= 0.3 is 6.09 Å². The van der Waals surface area contributed by atoms with Gasteiger partial charge in [0.2, 0.25) is 0 Å². The lowest BCUT2D eigenvalue weighted by atomic mass is 9.98. The lowest BCUT2D eigenvalue weighted by molar-refractivity contribution is 0.0917. The Labute approximate surface area is 184 Å². The summed E-state index contributed by atoms with van der Waals surface area (Å²) < 4.78 is 17.3. The van der Waals surface area contributed by atoms with Crippen molar-refractivity contribution in [2.24, 2.45) is 0 Å². The predicted octanol–water partition coefficient (Wildman–Crippen LogP) is 5.58. The molecular weight excluding hydrogens is 394 g/mol. The smallest absolute Gasteiger partial charge is 0.410 e. The largest absolute Gasteiger partial charge is 0.489 e. The molecule has 0 spiro atoms. The van der Waals surface area contributed by atoms with Crippen LogP contribution in [0.15, 0.2) is 16.7 Å². The quantitative estimate of drug-likeness (QED) is 0.599. The fourth-order valence-electron chi connectivity index (χ4n) is 4.60. The molecule has 1 amide bonds. The molecule has 31 heavy (non-hydrogen) atoms. The zero-order chi connectivity index (χ0) is 21.8. The van der Waals surface area contributed by atoms with Gasteiger partial charge < -0.3 is 18.9 Å². The summed E-state index contributed by atoms with van der Waals surface area (Å²) in [7, 11) is 1.82. The monoisotopic (exact) mass is 427 g/mol. The summed E-state index contributed by atoms with van der Waals surface area (Å²) in [5, 5.41) is 4.09. The Morgan fingerprint density at radius 1 is 1.06 bits per heavy atom. The van der Waals surface area contributed by atoms with Crippen LogP contribution in [-0.2, 0) is 11.3 Å². The first-order valence-electron chi connectivity index (χ1n) is 11.5. The Balaban J connectivity index is 1.44. The van der Waals surface area contributed by atoms with E-state index in [9.17, 15) is 4.79 Å². The highest BCUT2D eigenvalue weighted by Gasteiger charge is 2.26. The number of hydrogen-bond donors (Lipinski definition) is 0. The van der Waals surface area contributed by atoms with Crippen molar-refractivity contribution in [1.82, 2.24) is 15.0 Å². The summed E-state index contributed by atoms with van der Waals surface area (Å²) in [6, 6.07) is 4.12. The van der Waals surface area contributed by atoms with E-state index in [-0.39, 0.29) is 24.8 Å². The molecule has 7 heteroatoms. The standard InChI is InChI=1S/C24H33N3O4/c1-16-20(15-29-24(28)27(3)18-9-7-8-10-18)23(31-26-16)21-13-14-22(17(2)25-21)30-19-11-5-4-6-12-19/h13-14,18-19H,4-12,15H2,1-3H3. The summed E-state index contributed by atoms with van der Waals surface area (Å²) in [5.41, 5.74) is 2.94. The number of aromatic nitrogens is 2. The van der Waals surface area contributed by atoms with Crippen LogP contribution in [0.2, 0.25) is 0 Å². The Bertz CT molecular complexity index is 898. The molecule has 0 N–H and O–H groups in total. The molecule has 2 aliphatic rings. The lowest BCUT2D eigenvalue weighted by Crippen LogP contribution is -2.35. The van der Waals surface area contributed by atoms with E-state index in [0.717, 1.165) is 42.7 Å². The summed E-state index contributed by atoms with van der Waals surface area (Å²) in [5.74, 6) is 1.36. The van der Waals surface area contributed by atoms with Crippen LogP contribution in [0.5, 0.6) is 5.75 Å². The van der Waals surface area contributed by atoms with Crippen LogP contribution in [0.25, 0.3) is 11.5 Å². The molecule has 0 aliphatic heterocycles. The van der Waals surface area contributed by atoms with Crippen molar-refractivity contribution in [3.63, 3.8) is 0 Å². The van der Waals surface area contributed by atoms with Crippen molar-refractivity contribution in [3.05, 3.63) is 29.1 Å². The van der Waals surface area contributed by atoms with Gasteiger partial charge in [0, 0.05) is 13.1 Å². The van der Waals surface area contributed by atoms with E-state index in [1.807, 2.05) is 33.0 Å². The maximum Gasteiger partial charge on any atom is 0.410 e. The van der Waals surface area contributed by atoms with Crippen molar-refractivity contribution in [2.45, 2.75) is 90.4 Å². The second kappa shape index (κ2) is 9.71. The zero-order valence-electron chi connectivity index (χ0n) is 18.9. The van der Waals surface area contributed by atoms with Crippen molar-refractivity contribution in [2.75, 3.05) is 7.05 Å². The van der Waals surface area contributed by atoms with Gasteiger partial charge in [-0.3, -0.25) is 0 Å². The van der Waals surface area contributed by atoms with Crippen LogP contribution in [-0.4, -0.2) is 40.3 Å². The number of amides is 1. The van der Waals surface area contributed by atoms with Gasteiger partial charge in [-0.15, -0.1) is 0 Å². The predicted molar refractivity (Wildman–Crippen MR) is 117 cm³/mol. The Kier molecular flexibility index (Phi) is 6.78. The molecule has 0 aromatic carbocycles. The maximum absolute atomic E-state index is 12.5. The topological polar surface area (TPSA) is 77.7 Å². The van der Waals surface area contributed by atoms with Crippen molar-refractivity contribution < 1.29 is 18.8 Å². The Morgan fingerprint density at radius 2 is 1.77 bits per heavy atom. The van der Waals surface area contributed by atoms with Gasteiger partial charge in [-0.25, -0.2) is 9.78 Å². The molecule has 0 bridgehead atoms. The van der Waals surface area contributed by atoms with E-state index in [1.54, 1.807) is 4.90 Å². The molecule has 2 heterocycles. The maximum atomic E-state index is 12.5. The number of rotatable bonds is 6. The minimum Gasteiger partial charge on any atom is -0.489 e. The van der Waals surface area contributed by atoms with Crippen molar-refractivity contribution in [1.29, 1.82) is 0 Å². The van der Waals surface area contributed by atoms with Crippen LogP contribution in [0.4, 0.5) is 4.79 Å². The molecule has 0 saturated heterocycles. The van der Waals surface area contributed by atoms with E-state index in [1.165, 1.54) is 32.1 Å². The van der Waals surface area contributed by atoms with Gasteiger partial charge in [0.25, 0.3) is 0 Å². The number of pyridine rings is 1. The van der Waals surface area contributed by atoms with E-state index >= 15 is 0 Å². The summed E-state index contributed by atoms with van der Waals surface area (Å²) in [4.78, 5) is 18.9. The van der Waals surface area contributed by atoms with Gasteiger partial charge in [0.15, 0.2) is 5.76 Å². The third-order valence-electron chi connectivity index (χ3n) is 6.60. The molecule has 0 atom stereocenters. The molecule has 0 radical (unpaired) electrons. The number of ether oxygens (including phenoxy) is 2. The van der Waals surface area contributed by atoms with Crippen LogP contribution in [0.3, 0.4) is 0 Å². The highest BCUT2D eigenvalue weighted by Crippen LogP contribution is 2.30. The molecule has 7 nitrogen and oxygen atoms in total. The average molecular weight is 428 g/mol. The highest BCUT2D eigenvalue weighted by atomic mass is 16.6. The lowest BCUT2D eigenvalue weighted by Gasteiger charge is -2.23. The van der Waals surface area contributed by atoms with E-state index in [0.29, 0.717) is 17.1 Å². The van der Waals surface area contributed by atoms with Gasteiger partial charge in [-0.1, -0.05) is 24.4 Å². The number of hydrogen-bond acceptors (Lipinski definition) is 6. The van der Waals surface area contributed by atoms with Gasteiger partial charge in [-0.05, 0) is 64.5 Å². The number of carbonyl (C=O) groups excluding carboxylic acids is 1. The summed E-state index contributed by atoms with van der Waals surface area (Å²) in [6.07, 6.45) is 10.4. The Morgan fingerprint density at radius 3 is 2.48 bits per heavy atom. The highest BCUT2D eigenvalue weighted by molar-refractivity contribution is 5.68. The molecule has 2 aromatic rings. The van der Waals surface area contributed by atoms with Crippen LogP contribution >= 0.6 is 0 Å². The number of aryl methyl sites for hydroxylation is 2. The van der Waals surface area contributed by atoms with Gasteiger partial charge in [-0.2, -0.15) is 0 Å². The molecular formula is C24H33N3O4. The Hall–Kier alpha value is -2.57. The molecule has 2 fully saturated rings. The molecule has 2 aromatic heterocycles. The second-order valence-corrected chi connectivity index (χ2v) is 8.84. The average Bonchev–Trinajstić information content (AvgIpc) is 3.44. The molecule has 0 unspecified atom stereocenters. The first kappa shape index (κ1) is 21.7. The van der Waals surface area contributed by atoms with Crippen LogP contribution in [0.1, 0.15) is 74.7 Å². The number of carbonyl (C=O) groups is 1. The fraction of sp³-hybridized carbons (Fsp3) is 0.625. The first-order valence-corrected chi connectivity index (χ1v) is 11.5. The minimum absolute atomic E-state index is 0.113. The summed E-state index contributed by atoms with van der Waals surface area (Å²) in [6.45, 7) is 3.91. The molecule has 2 aliphatic carbocycles. The van der Waals surface area contributed by atoms with Gasteiger partial charge in [0.1, 0.15) is 18.1 Å². The zero-order valence-corrected chi connectivity index (χ0v) is 18.9. The molecule has 2 saturated carbocycles. The first-order chi connectivity index (χ1) is 15.0. The van der Waals surface area contributed by atoms with E-state index in [4.69, 9.17) is 19.0 Å². The number of nitrogens with zero attached hydrogens (tertiary/aromatic N) is 3. The van der Waals surface area contributed by atoms with E-state index in [2.05, 4.69) is 5.16 Å². The SMILES string of the molecule is Cc1nc(-c2onc(C)c2COC(=O)N(C)C2CCCC2)ccc1OC1CCCCC1. The molecule has 168 valence electrons. The third kappa shape index (κ3) is 5.02. The van der Waals surface area contributed by atoms with E-state index < -0.39 is 0 Å². The normalized spacial score (nSPS) is 17.6.